The van der Waals surface area contributed by atoms with Gasteiger partial charge in [-0.25, -0.2) is 9.80 Å². The van der Waals surface area contributed by atoms with E-state index in [2.05, 4.69) is 91.2 Å². The molecular formula is C72H72N2O8. The lowest BCUT2D eigenvalue weighted by molar-refractivity contribution is 0.0876. The summed E-state index contributed by atoms with van der Waals surface area (Å²) in [6.07, 6.45) is 8.15. The predicted octanol–water partition coefficient (Wildman–Crippen LogP) is 15.8. The maximum absolute atomic E-state index is 15.1. The zero-order valence-electron chi connectivity index (χ0n) is 48.8. The highest BCUT2D eigenvalue weighted by atomic mass is 16.5. The molecule has 0 atom stereocenters. The average Bonchev–Trinajstić information content (AvgIpc) is 1.62. The number of benzene rings is 7. The third kappa shape index (κ3) is 10.2. The third-order valence-corrected chi connectivity index (χ3v) is 17.2. The van der Waals surface area contributed by atoms with Crippen LogP contribution in [0.1, 0.15) is 193 Å². The van der Waals surface area contributed by atoms with Gasteiger partial charge in [0.25, 0.3) is 23.6 Å². The van der Waals surface area contributed by atoms with Gasteiger partial charge in [0, 0.05) is 55.9 Å². The summed E-state index contributed by atoms with van der Waals surface area (Å²) in [5.74, 6) is 15.2. The van der Waals surface area contributed by atoms with Crippen LogP contribution in [-0.4, -0.2) is 50.1 Å². The van der Waals surface area contributed by atoms with Gasteiger partial charge >= 0.3 is 0 Å². The summed E-state index contributed by atoms with van der Waals surface area (Å²) < 4.78 is 25.4. The first kappa shape index (κ1) is 55.6. The summed E-state index contributed by atoms with van der Waals surface area (Å²) >= 11 is 0. The van der Waals surface area contributed by atoms with E-state index in [1.165, 1.54) is 9.80 Å². The first-order valence-corrected chi connectivity index (χ1v) is 29.4. The fraction of sp³-hybridized carbons (Fsp3) is 0.361. The van der Waals surface area contributed by atoms with E-state index in [-0.39, 0.29) is 47.7 Å². The number of carbonyl (C=O) groups is 4. The minimum atomic E-state index is -0.428. The maximum atomic E-state index is 15.1. The summed E-state index contributed by atoms with van der Waals surface area (Å²) in [6.45, 7) is 17.1. The van der Waals surface area contributed by atoms with Crippen LogP contribution in [0.25, 0.3) is 21.5 Å². The van der Waals surface area contributed by atoms with Gasteiger partial charge in [-0.05, 0) is 127 Å². The molecular weight excluding hydrogens is 1020 g/mol. The molecule has 11 rings (SSSR count). The number of imide groups is 2. The Bertz CT molecular complexity index is 3590. The first-order valence-electron chi connectivity index (χ1n) is 29.4. The molecule has 7 aromatic rings. The summed E-state index contributed by atoms with van der Waals surface area (Å²) in [4.78, 5) is 62.6. The molecule has 418 valence electrons. The number of ether oxygens (including phenoxy) is 4. The molecule has 2 heterocycles. The molecule has 0 saturated heterocycles. The Hall–Kier alpha value is -8.34. The van der Waals surface area contributed by atoms with E-state index in [0.29, 0.717) is 100 Å². The molecule has 0 bridgehead atoms. The standard InChI is InChI=1S/C72H72N2O8/c1-41(2)65(42(3)4)81-51-32-34-53(47-20-11-12-21-47)61(39-51)73-69(75)57-26-16-24-55-63(57)59(71(73)77)37-49(67(55)79-9)30-28-45-18-15-19-46(36-45)29-31-50-38-60-64-56(68(50)80-10)25-17-27-58(64)70(76)74(72(60)78)62-40-52(82-66(43(5)6)44(7)8)33-35-54(62)48-22-13-14-23-48/h15-19,24-27,32-44,47-48,65-66H,11-14,20-23H2,1-10H3. The molecule has 0 N–H and O–H groups in total. The largest absolute Gasteiger partial charge is 0.495 e. The van der Waals surface area contributed by atoms with Gasteiger partial charge in [0.15, 0.2) is 0 Å². The van der Waals surface area contributed by atoms with Crippen LogP contribution in [0.15, 0.2) is 109 Å². The van der Waals surface area contributed by atoms with Gasteiger partial charge in [-0.2, -0.15) is 0 Å². The smallest absolute Gasteiger partial charge is 0.266 e. The van der Waals surface area contributed by atoms with Crippen molar-refractivity contribution in [3.05, 3.63) is 165 Å². The van der Waals surface area contributed by atoms with Crippen LogP contribution in [0.2, 0.25) is 0 Å². The normalized spacial score (nSPS) is 15.5. The van der Waals surface area contributed by atoms with Crippen LogP contribution >= 0.6 is 0 Å². The Morgan fingerprint density at radius 3 is 1.16 bits per heavy atom. The number of amides is 4. The second-order valence-corrected chi connectivity index (χ2v) is 24.0. The van der Waals surface area contributed by atoms with E-state index in [1.54, 1.807) is 38.5 Å². The highest BCUT2D eigenvalue weighted by molar-refractivity contribution is 6.37. The predicted molar refractivity (Wildman–Crippen MR) is 325 cm³/mol. The number of carbonyl (C=O) groups excluding carboxylic acids is 4. The molecule has 10 heteroatoms. The van der Waals surface area contributed by atoms with Crippen molar-refractivity contribution in [2.75, 3.05) is 24.0 Å². The lowest BCUT2D eigenvalue weighted by atomic mass is 9.89. The quantitative estimate of drug-likeness (QED) is 0.0782. The van der Waals surface area contributed by atoms with Crippen LogP contribution < -0.4 is 28.7 Å². The van der Waals surface area contributed by atoms with Crippen molar-refractivity contribution in [3.8, 4) is 46.7 Å². The lowest BCUT2D eigenvalue weighted by Crippen LogP contribution is -2.41. The number of rotatable bonds is 14. The number of anilines is 2. The summed E-state index contributed by atoms with van der Waals surface area (Å²) in [5, 5.41) is 2.31. The molecule has 2 fully saturated rings. The summed E-state index contributed by atoms with van der Waals surface area (Å²) in [6, 6.07) is 33.9. The van der Waals surface area contributed by atoms with Gasteiger partial charge in [0.05, 0.1) is 47.8 Å². The van der Waals surface area contributed by atoms with Crippen molar-refractivity contribution in [2.45, 2.75) is 131 Å². The van der Waals surface area contributed by atoms with Crippen molar-refractivity contribution in [1.82, 2.24) is 0 Å². The highest BCUT2D eigenvalue weighted by Crippen LogP contribution is 2.47. The van der Waals surface area contributed by atoms with Crippen molar-refractivity contribution in [3.63, 3.8) is 0 Å². The minimum Gasteiger partial charge on any atom is -0.495 e. The van der Waals surface area contributed by atoms with Gasteiger partial charge in [-0.3, -0.25) is 19.2 Å². The average molecular weight is 1090 g/mol. The lowest BCUT2D eigenvalue weighted by Gasteiger charge is -2.32. The second kappa shape index (κ2) is 22.9. The van der Waals surface area contributed by atoms with Gasteiger partial charge < -0.3 is 18.9 Å². The van der Waals surface area contributed by atoms with Crippen LogP contribution in [0, 0.1) is 47.4 Å². The van der Waals surface area contributed by atoms with E-state index in [4.69, 9.17) is 18.9 Å². The third-order valence-electron chi connectivity index (χ3n) is 17.2. The van der Waals surface area contributed by atoms with Crippen molar-refractivity contribution in [2.24, 2.45) is 23.7 Å². The van der Waals surface area contributed by atoms with Crippen molar-refractivity contribution in [1.29, 1.82) is 0 Å². The molecule has 0 radical (unpaired) electrons. The van der Waals surface area contributed by atoms with E-state index >= 15 is 9.59 Å². The SMILES string of the molecule is COc1c(C#Cc2cccc(C#Cc3cc4c5c(cccc5c3OC)C(=O)N(c3cc(OC(C(C)C)C(C)C)ccc3C3CCCC3)C4=O)c2)cc2c3c(cccc13)C(=O)N(c1cc(OC(C(C)C)C(C)C)ccc1C1CCCC1)C2=O. The Kier molecular flexibility index (Phi) is 15.5. The van der Waals surface area contributed by atoms with Gasteiger partial charge in [-0.15, -0.1) is 0 Å². The fourth-order valence-corrected chi connectivity index (χ4v) is 13.4. The monoisotopic (exact) mass is 1090 g/mol. The topological polar surface area (TPSA) is 112 Å². The van der Waals surface area contributed by atoms with Crippen molar-refractivity contribution < 1.29 is 38.1 Å². The summed E-state index contributed by atoms with van der Waals surface area (Å²) in [5.41, 5.74) is 6.91. The second-order valence-electron chi connectivity index (χ2n) is 24.0. The molecule has 0 unspecified atom stereocenters. The number of nitrogens with zero attached hydrogens (tertiary/aromatic N) is 2. The highest BCUT2D eigenvalue weighted by Gasteiger charge is 2.40. The van der Waals surface area contributed by atoms with E-state index in [1.807, 2.05) is 72.8 Å². The molecule has 0 aromatic heterocycles. The molecule has 4 amide bonds. The van der Waals surface area contributed by atoms with Crippen LogP contribution in [-0.2, 0) is 0 Å². The summed E-state index contributed by atoms with van der Waals surface area (Å²) in [7, 11) is 3.14. The number of hydrogen-bond donors (Lipinski definition) is 0. The maximum Gasteiger partial charge on any atom is 0.266 e. The van der Waals surface area contributed by atoms with E-state index in [0.717, 1.165) is 62.5 Å². The van der Waals surface area contributed by atoms with E-state index in [9.17, 15) is 9.59 Å². The van der Waals surface area contributed by atoms with E-state index < -0.39 is 23.6 Å². The van der Waals surface area contributed by atoms with Crippen LogP contribution in [0.4, 0.5) is 11.4 Å². The van der Waals surface area contributed by atoms with Gasteiger partial charge in [-0.1, -0.05) is 147 Å². The molecule has 2 aliphatic carbocycles. The Labute approximate surface area is 482 Å². The molecule has 10 nitrogen and oxygen atoms in total. The van der Waals surface area contributed by atoms with Gasteiger partial charge in [0.2, 0.25) is 0 Å². The Morgan fingerprint density at radius 1 is 0.427 bits per heavy atom. The molecule has 7 aromatic carbocycles. The molecule has 2 aliphatic heterocycles. The fourth-order valence-electron chi connectivity index (χ4n) is 13.4. The first-order chi connectivity index (χ1) is 39.6. The Balaban J connectivity index is 0.942. The minimum absolute atomic E-state index is 0.0611. The van der Waals surface area contributed by atoms with Crippen LogP contribution in [0.5, 0.6) is 23.0 Å². The number of hydrogen-bond acceptors (Lipinski definition) is 8. The zero-order chi connectivity index (χ0) is 57.7. The molecule has 4 aliphatic rings. The Morgan fingerprint density at radius 2 is 0.793 bits per heavy atom. The molecule has 82 heavy (non-hydrogen) atoms. The number of methoxy groups -OCH3 is 2. The molecule has 2 saturated carbocycles. The van der Waals surface area contributed by atoms with Crippen LogP contribution in [0.3, 0.4) is 0 Å². The zero-order valence-corrected chi connectivity index (χ0v) is 48.8. The van der Waals surface area contributed by atoms with Crippen molar-refractivity contribution >= 4 is 56.5 Å². The van der Waals surface area contributed by atoms with Gasteiger partial charge in [0.1, 0.15) is 35.2 Å². The molecule has 0 spiro atoms.